The molecule has 2 rings (SSSR count). The molecular formula is C12H11BrF3NO2. The SMILES string of the molecule is O=C(O)c1ccc(Br)cc1N(CC(F)(F)F)C1CC1. The predicted molar refractivity (Wildman–Crippen MR) is 67.5 cm³/mol. The number of anilines is 1. The molecule has 19 heavy (non-hydrogen) atoms. The summed E-state index contributed by atoms with van der Waals surface area (Å²) in [7, 11) is 0. The van der Waals surface area contributed by atoms with E-state index < -0.39 is 18.7 Å². The zero-order valence-electron chi connectivity index (χ0n) is 9.75. The number of hydrogen-bond acceptors (Lipinski definition) is 2. The van der Waals surface area contributed by atoms with E-state index in [1.807, 2.05) is 0 Å². The number of alkyl halides is 3. The fraction of sp³-hybridized carbons (Fsp3) is 0.417. The lowest BCUT2D eigenvalue weighted by molar-refractivity contribution is -0.120. The first-order chi connectivity index (χ1) is 8.78. The van der Waals surface area contributed by atoms with Crippen LogP contribution in [-0.4, -0.2) is 29.8 Å². The molecule has 0 saturated heterocycles. The van der Waals surface area contributed by atoms with Gasteiger partial charge in [0.25, 0.3) is 0 Å². The normalized spacial score (nSPS) is 15.4. The van der Waals surface area contributed by atoms with Crippen LogP contribution >= 0.6 is 15.9 Å². The van der Waals surface area contributed by atoms with Gasteiger partial charge in [-0.1, -0.05) is 15.9 Å². The van der Waals surface area contributed by atoms with Crippen molar-refractivity contribution in [1.82, 2.24) is 0 Å². The van der Waals surface area contributed by atoms with Crippen LogP contribution in [0.4, 0.5) is 18.9 Å². The average Bonchev–Trinajstić information content (AvgIpc) is 3.07. The van der Waals surface area contributed by atoms with Crippen molar-refractivity contribution in [3.8, 4) is 0 Å². The van der Waals surface area contributed by atoms with Crippen LogP contribution in [0, 0.1) is 0 Å². The minimum Gasteiger partial charge on any atom is -0.478 e. The Morgan fingerprint density at radius 1 is 1.42 bits per heavy atom. The van der Waals surface area contributed by atoms with Gasteiger partial charge in [-0.15, -0.1) is 0 Å². The van der Waals surface area contributed by atoms with E-state index in [2.05, 4.69) is 15.9 Å². The molecule has 0 spiro atoms. The Morgan fingerprint density at radius 2 is 2.05 bits per heavy atom. The van der Waals surface area contributed by atoms with Crippen LogP contribution in [0.25, 0.3) is 0 Å². The van der Waals surface area contributed by atoms with Crippen LogP contribution in [0.3, 0.4) is 0 Å². The Kier molecular flexibility index (Phi) is 3.75. The van der Waals surface area contributed by atoms with Crippen LogP contribution in [0.15, 0.2) is 22.7 Å². The standard InChI is InChI=1S/C12H11BrF3NO2/c13-7-1-4-9(11(18)19)10(5-7)17(8-2-3-8)6-12(14,15)16/h1,4-5,8H,2-3,6H2,(H,18,19). The monoisotopic (exact) mass is 337 g/mol. The maximum absolute atomic E-state index is 12.6. The van der Waals surface area contributed by atoms with Crippen molar-refractivity contribution in [2.75, 3.05) is 11.4 Å². The van der Waals surface area contributed by atoms with E-state index >= 15 is 0 Å². The third kappa shape index (κ3) is 3.62. The predicted octanol–water partition coefficient (Wildman–Crippen LogP) is 3.68. The van der Waals surface area contributed by atoms with Gasteiger partial charge in [-0.05, 0) is 31.0 Å². The molecule has 1 fully saturated rings. The molecule has 0 aliphatic heterocycles. The topological polar surface area (TPSA) is 40.5 Å². The first-order valence-electron chi connectivity index (χ1n) is 5.64. The third-order valence-corrected chi connectivity index (χ3v) is 3.33. The second kappa shape index (κ2) is 5.03. The van der Waals surface area contributed by atoms with Gasteiger partial charge in [-0.2, -0.15) is 13.2 Å². The van der Waals surface area contributed by atoms with Gasteiger partial charge in [-0.3, -0.25) is 0 Å². The molecule has 0 unspecified atom stereocenters. The van der Waals surface area contributed by atoms with Crippen LogP contribution in [0.5, 0.6) is 0 Å². The highest BCUT2D eigenvalue weighted by atomic mass is 79.9. The number of nitrogens with zero attached hydrogens (tertiary/aromatic N) is 1. The van der Waals surface area contributed by atoms with E-state index in [4.69, 9.17) is 5.11 Å². The van der Waals surface area contributed by atoms with E-state index in [0.29, 0.717) is 17.3 Å². The zero-order chi connectivity index (χ0) is 14.2. The molecule has 0 amide bonds. The van der Waals surface area contributed by atoms with Crippen LogP contribution in [0.2, 0.25) is 0 Å². The van der Waals surface area contributed by atoms with Crippen molar-refractivity contribution in [3.05, 3.63) is 28.2 Å². The minimum atomic E-state index is -4.36. The summed E-state index contributed by atoms with van der Waals surface area (Å²) < 4.78 is 38.4. The van der Waals surface area contributed by atoms with Gasteiger partial charge < -0.3 is 10.0 Å². The summed E-state index contributed by atoms with van der Waals surface area (Å²) in [6.07, 6.45) is -3.05. The van der Waals surface area contributed by atoms with Crippen molar-refractivity contribution in [2.45, 2.75) is 25.1 Å². The second-order valence-corrected chi connectivity index (χ2v) is 5.36. The van der Waals surface area contributed by atoms with E-state index in [9.17, 15) is 18.0 Å². The second-order valence-electron chi connectivity index (χ2n) is 4.44. The molecule has 0 aromatic heterocycles. The highest BCUT2D eigenvalue weighted by Crippen LogP contribution is 2.37. The van der Waals surface area contributed by atoms with Gasteiger partial charge in [0.2, 0.25) is 0 Å². The third-order valence-electron chi connectivity index (χ3n) is 2.84. The first-order valence-corrected chi connectivity index (χ1v) is 6.43. The van der Waals surface area contributed by atoms with Crippen molar-refractivity contribution in [2.24, 2.45) is 0 Å². The molecule has 1 aliphatic carbocycles. The van der Waals surface area contributed by atoms with E-state index in [0.717, 1.165) is 4.90 Å². The molecule has 1 saturated carbocycles. The molecule has 0 radical (unpaired) electrons. The molecule has 1 N–H and O–H groups in total. The lowest BCUT2D eigenvalue weighted by atomic mass is 10.1. The van der Waals surface area contributed by atoms with Crippen molar-refractivity contribution >= 4 is 27.6 Å². The maximum Gasteiger partial charge on any atom is 0.405 e. The van der Waals surface area contributed by atoms with Crippen molar-refractivity contribution < 1.29 is 23.1 Å². The maximum atomic E-state index is 12.6. The Labute approximate surface area is 116 Å². The Hall–Kier alpha value is -1.24. The summed E-state index contributed by atoms with van der Waals surface area (Å²) in [4.78, 5) is 12.3. The fourth-order valence-electron chi connectivity index (χ4n) is 1.91. The summed E-state index contributed by atoms with van der Waals surface area (Å²) in [5.74, 6) is -1.23. The van der Waals surface area contributed by atoms with Gasteiger partial charge in [0.1, 0.15) is 6.54 Å². The quantitative estimate of drug-likeness (QED) is 0.911. The highest BCUT2D eigenvalue weighted by molar-refractivity contribution is 9.10. The Morgan fingerprint density at radius 3 is 2.53 bits per heavy atom. The molecule has 7 heteroatoms. The molecule has 0 bridgehead atoms. The summed E-state index contributed by atoms with van der Waals surface area (Å²) >= 11 is 3.16. The minimum absolute atomic E-state index is 0.112. The van der Waals surface area contributed by atoms with Gasteiger partial charge in [0.05, 0.1) is 11.3 Å². The number of carbonyl (C=O) groups is 1. The summed E-state index contributed by atoms with van der Waals surface area (Å²) in [5.41, 5.74) is 0.000972. The first kappa shape index (κ1) is 14.2. The van der Waals surface area contributed by atoms with Crippen LogP contribution < -0.4 is 4.90 Å². The summed E-state index contributed by atoms with van der Waals surface area (Å²) in [6, 6.07) is 4.01. The molecule has 0 atom stereocenters. The van der Waals surface area contributed by atoms with Gasteiger partial charge in [0.15, 0.2) is 0 Å². The number of hydrogen-bond donors (Lipinski definition) is 1. The molecule has 1 aromatic carbocycles. The lowest BCUT2D eigenvalue weighted by Gasteiger charge is -2.27. The van der Waals surface area contributed by atoms with Crippen LogP contribution in [-0.2, 0) is 0 Å². The van der Waals surface area contributed by atoms with E-state index in [1.54, 1.807) is 0 Å². The highest BCUT2D eigenvalue weighted by Gasteiger charge is 2.39. The van der Waals surface area contributed by atoms with Crippen molar-refractivity contribution in [3.63, 3.8) is 0 Å². The Bertz CT molecular complexity index is 500. The number of benzene rings is 1. The molecular weight excluding hydrogens is 327 g/mol. The summed E-state index contributed by atoms with van der Waals surface area (Å²) in [6.45, 7) is -1.13. The molecule has 3 nitrogen and oxygen atoms in total. The molecule has 104 valence electrons. The number of halogens is 4. The largest absolute Gasteiger partial charge is 0.478 e. The Balaban J connectivity index is 2.40. The number of rotatable bonds is 4. The van der Waals surface area contributed by atoms with Crippen molar-refractivity contribution in [1.29, 1.82) is 0 Å². The average molecular weight is 338 g/mol. The summed E-state index contributed by atoms with van der Waals surface area (Å²) in [5, 5.41) is 9.08. The number of carboxylic acid groups (broad SMARTS) is 1. The molecule has 0 heterocycles. The molecule has 1 aromatic rings. The number of carboxylic acids is 1. The van der Waals surface area contributed by atoms with Gasteiger partial charge in [0, 0.05) is 10.5 Å². The zero-order valence-corrected chi connectivity index (χ0v) is 11.3. The van der Waals surface area contributed by atoms with Gasteiger partial charge >= 0.3 is 12.1 Å². The lowest BCUT2D eigenvalue weighted by Crippen LogP contribution is -2.36. The van der Waals surface area contributed by atoms with Gasteiger partial charge in [-0.25, -0.2) is 4.79 Å². The number of aromatic carboxylic acids is 1. The smallest absolute Gasteiger partial charge is 0.405 e. The van der Waals surface area contributed by atoms with E-state index in [1.165, 1.54) is 18.2 Å². The van der Waals surface area contributed by atoms with Crippen LogP contribution in [0.1, 0.15) is 23.2 Å². The fourth-order valence-corrected chi connectivity index (χ4v) is 2.26. The van der Waals surface area contributed by atoms with E-state index in [-0.39, 0.29) is 17.3 Å². The molecule has 1 aliphatic rings.